The van der Waals surface area contributed by atoms with Crippen molar-refractivity contribution in [1.29, 1.82) is 0 Å². The molecule has 0 saturated carbocycles. The van der Waals surface area contributed by atoms with Crippen LogP contribution in [-0.2, 0) is 0 Å². The van der Waals surface area contributed by atoms with E-state index in [0.717, 1.165) is 4.60 Å². The van der Waals surface area contributed by atoms with Crippen LogP contribution in [-0.4, -0.2) is 11.6 Å². The van der Waals surface area contributed by atoms with Crippen LogP contribution in [0, 0.1) is 12.3 Å². The Morgan fingerprint density at radius 2 is 2.64 bits per heavy atom. The summed E-state index contributed by atoms with van der Waals surface area (Å²) in [4.78, 5) is 4.03. The highest BCUT2D eigenvalue weighted by atomic mass is 79.9. The molecule has 1 aromatic rings. The molecule has 1 aromatic heterocycles. The van der Waals surface area contributed by atoms with Crippen LogP contribution in [0.1, 0.15) is 6.42 Å². The fourth-order valence-corrected chi connectivity index (χ4v) is 1.61. The molecule has 0 aromatic carbocycles. The van der Waals surface area contributed by atoms with Crippen molar-refractivity contribution >= 4 is 27.3 Å². The summed E-state index contributed by atoms with van der Waals surface area (Å²) in [5.74, 6) is 2.48. The van der Waals surface area contributed by atoms with Gasteiger partial charge in [0.25, 0.3) is 5.19 Å². The third kappa shape index (κ3) is 2.91. The minimum absolute atomic E-state index is 0.538. The molecular weight excluding hydrogens is 226 g/mol. The van der Waals surface area contributed by atoms with Gasteiger partial charge in [-0.2, -0.15) is 4.98 Å². The van der Waals surface area contributed by atoms with Crippen molar-refractivity contribution in [2.45, 2.75) is 6.42 Å². The second-order valence-electron chi connectivity index (χ2n) is 1.74. The van der Waals surface area contributed by atoms with E-state index in [1.807, 2.05) is 5.38 Å². The van der Waals surface area contributed by atoms with Crippen LogP contribution in [0.25, 0.3) is 0 Å². The summed E-state index contributed by atoms with van der Waals surface area (Å²) in [6.45, 7) is 0.538. The summed E-state index contributed by atoms with van der Waals surface area (Å²) in [6.07, 6.45) is 5.66. The minimum atomic E-state index is 0.538. The first-order chi connectivity index (χ1) is 5.33. The largest absolute Gasteiger partial charge is 0.469 e. The summed E-state index contributed by atoms with van der Waals surface area (Å²) in [7, 11) is 0. The van der Waals surface area contributed by atoms with Gasteiger partial charge in [0.2, 0.25) is 0 Å². The van der Waals surface area contributed by atoms with Crippen LogP contribution in [0.4, 0.5) is 0 Å². The molecule has 0 aliphatic rings. The van der Waals surface area contributed by atoms with Crippen LogP contribution in [0.5, 0.6) is 5.19 Å². The van der Waals surface area contributed by atoms with Gasteiger partial charge in [0.1, 0.15) is 11.2 Å². The van der Waals surface area contributed by atoms with Crippen LogP contribution in [0.15, 0.2) is 9.98 Å². The lowest BCUT2D eigenvalue weighted by atomic mass is 10.5. The molecule has 1 heterocycles. The fraction of sp³-hybridized carbons (Fsp3) is 0.286. The topological polar surface area (TPSA) is 22.1 Å². The molecule has 4 heteroatoms. The van der Waals surface area contributed by atoms with Gasteiger partial charge in [-0.1, -0.05) is 11.3 Å². The fourth-order valence-electron chi connectivity index (χ4n) is 0.503. The lowest BCUT2D eigenvalue weighted by Crippen LogP contribution is -1.94. The number of nitrogens with zero attached hydrogens (tertiary/aromatic N) is 1. The number of rotatable bonds is 3. The lowest BCUT2D eigenvalue weighted by molar-refractivity contribution is 0.325. The number of halogens is 1. The lowest BCUT2D eigenvalue weighted by Gasteiger charge is -1.95. The molecule has 0 bridgehead atoms. The third-order valence-electron chi connectivity index (χ3n) is 0.927. The number of ether oxygens (including phenoxy) is 1. The van der Waals surface area contributed by atoms with Gasteiger partial charge in [-0.3, -0.25) is 0 Å². The average Bonchev–Trinajstić information content (AvgIpc) is 2.37. The van der Waals surface area contributed by atoms with E-state index in [0.29, 0.717) is 18.2 Å². The molecule has 0 fully saturated rings. The normalized spacial score (nSPS) is 9.09. The van der Waals surface area contributed by atoms with Crippen LogP contribution in [0.3, 0.4) is 0 Å². The van der Waals surface area contributed by atoms with Gasteiger partial charge in [0, 0.05) is 11.8 Å². The Morgan fingerprint density at radius 3 is 3.18 bits per heavy atom. The molecule has 0 unspecified atom stereocenters. The Hall–Kier alpha value is -0.530. The maximum atomic E-state index is 5.20. The monoisotopic (exact) mass is 231 g/mol. The van der Waals surface area contributed by atoms with Crippen molar-refractivity contribution in [2.75, 3.05) is 6.61 Å². The molecule has 0 amide bonds. The molecule has 0 saturated heterocycles. The average molecular weight is 232 g/mol. The summed E-state index contributed by atoms with van der Waals surface area (Å²) in [6, 6.07) is 0. The van der Waals surface area contributed by atoms with Crippen molar-refractivity contribution < 1.29 is 4.74 Å². The van der Waals surface area contributed by atoms with Crippen LogP contribution in [0.2, 0.25) is 0 Å². The zero-order valence-corrected chi connectivity index (χ0v) is 8.11. The van der Waals surface area contributed by atoms with Gasteiger partial charge in [0.15, 0.2) is 0 Å². The Bertz CT molecular complexity index is 266. The van der Waals surface area contributed by atoms with E-state index in [-0.39, 0.29) is 0 Å². The van der Waals surface area contributed by atoms with Gasteiger partial charge >= 0.3 is 0 Å². The van der Waals surface area contributed by atoms with E-state index in [9.17, 15) is 0 Å². The first-order valence-electron chi connectivity index (χ1n) is 3.00. The number of thiazole rings is 1. The van der Waals surface area contributed by atoms with Crippen molar-refractivity contribution in [2.24, 2.45) is 0 Å². The first-order valence-corrected chi connectivity index (χ1v) is 4.67. The van der Waals surface area contributed by atoms with Crippen LogP contribution < -0.4 is 4.74 Å². The van der Waals surface area contributed by atoms with Gasteiger partial charge in [-0.15, -0.1) is 12.3 Å². The molecule has 0 radical (unpaired) electrons. The molecule has 58 valence electrons. The molecule has 0 N–H and O–H groups in total. The maximum absolute atomic E-state index is 5.20. The summed E-state index contributed by atoms with van der Waals surface area (Å²) in [5, 5.41) is 2.53. The van der Waals surface area contributed by atoms with Crippen molar-refractivity contribution in [1.82, 2.24) is 4.98 Å². The number of terminal acetylenes is 1. The van der Waals surface area contributed by atoms with Gasteiger partial charge in [-0.05, 0) is 15.9 Å². The maximum Gasteiger partial charge on any atom is 0.274 e. The molecule has 0 spiro atoms. The van der Waals surface area contributed by atoms with E-state index in [1.54, 1.807) is 0 Å². The van der Waals surface area contributed by atoms with Gasteiger partial charge < -0.3 is 4.74 Å². The summed E-state index contributed by atoms with van der Waals surface area (Å²) < 4.78 is 6.01. The SMILES string of the molecule is C#CCCOc1nc(Br)cs1. The Balaban J connectivity index is 2.34. The molecule has 2 nitrogen and oxygen atoms in total. The predicted molar refractivity (Wildman–Crippen MR) is 48.8 cm³/mol. The van der Waals surface area contributed by atoms with E-state index < -0.39 is 0 Å². The molecule has 0 atom stereocenters. The van der Waals surface area contributed by atoms with Crippen LogP contribution >= 0.6 is 27.3 Å². The van der Waals surface area contributed by atoms with Gasteiger partial charge in [0.05, 0.1) is 0 Å². The highest BCUT2D eigenvalue weighted by Gasteiger charge is 1.97. The van der Waals surface area contributed by atoms with E-state index in [2.05, 4.69) is 26.8 Å². The zero-order chi connectivity index (χ0) is 8.10. The number of hydrogen-bond donors (Lipinski definition) is 0. The van der Waals surface area contributed by atoms with E-state index in [4.69, 9.17) is 11.2 Å². The number of aromatic nitrogens is 1. The zero-order valence-electron chi connectivity index (χ0n) is 5.71. The van der Waals surface area contributed by atoms with E-state index >= 15 is 0 Å². The van der Waals surface area contributed by atoms with Crippen molar-refractivity contribution in [3.63, 3.8) is 0 Å². The molecular formula is C7H6BrNOS. The van der Waals surface area contributed by atoms with E-state index in [1.165, 1.54) is 11.3 Å². The summed E-state index contributed by atoms with van der Waals surface area (Å²) >= 11 is 4.67. The second-order valence-corrected chi connectivity index (χ2v) is 3.37. The Kier molecular flexibility index (Phi) is 3.40. The highest BCUT2D eigenvalue weighted by molar-refractivity contribution is 9.10. The Labute approximate surface area is 77.7 Å². The van der Waals surface area contributed by atoms with Crippen molar-refractivity contribution in [3.05, 3.63) is 9.98 Å². The molecule has 1 rings (SSSR count). The second kappa shape index (κ2) is 4.37. The predicted octanol–water partition coefficient (Wildman–Crippen LogP) is 2.31. The number of hydrogen-bond acceptors (Lipinski definition) is 3. The quantitative estimate of drug-likeness (QED) is 0.589. The molecule has 11 heavy (non-hydrogen) atoms. The van der Waals surface area contributed by atoms with Gasteiger partial charge in [-0.25, -0.2) is 0 Å². The molecule has 0 aliphatic heterocycles. The minimum Gasteiger partial charge on any atom is -0.469 e. The first kappa shape index (κ1) is 8.57. The third-order valence-corrected chi connectivity index (χ3v) is 2.39. The molecule has 0 aliphatic carbocycles. The smallest absolute Gasteiger partial charge is 0.274 e. The standard InChI is InChI=1S/C7H6BrNOS/c1-2-3-4-10-7-9-6(8)5-11-7/h1,5H,3-4H2. The van der Waals surface area contributed by atoms with Crippen molar-refractivity contribution in [3.8, 4) is 17.5 Å². The summed E-state index contributed by atoms with van der Waals surface area (Å²) in [5.41, 5.74) is 0. The highest BCUT2D eigenvalue weighted by Crippen LogP contribution is 2.21. The Morgan fingerprint density at radius 1 is 1.82 bits per heavy atom.